The lowest BCUT2D eigenvalue weighted by atomic mass is 9.88. The Kier molecular flexibility index (Phi) is 21.6. The van der Waals surface area contributed by atoms with Crippen LogP contribution in [0, 0.1) is 11.3 Å². The third-order valence-corrected chi connectivity index (χ3v) is 7.02. The fourth-order valence-corrected chi connectivity index (χ4v) is 4.64. The Bertz CT molecular complexity index is 423. The molecule has 0 aliphatic rings. The van der Waals surface area contributed by atoms with E-state index < -0.39 is 0 Å². The molecule has 0 radical (unpaired) electrons. The maximum Gasteiger partial charge on any atom is 0.309 e. The van der Waals surface area contributed by atoms with Gasteiger partial charge in [-0.2, -0.15) is 0 Å². The van der Waals surface area contributed by atoms with E-state index in [1.807, 2.05) is 0 Å². The van der Waals surface area contributed by atoms with Crippen LogP contribution < -0.4 is 0 Å². The van der Waals surface area contributed by atoms with E-state index >= 15 is 0 Å². The van der Waals surface area contributed by atoms with Crippen molar-refractivity contribution in [2.75, 3.05) is 0 Å². The maximum atomic E-state index is 13.3. The second kappa shape index (κ2) is 22.0. The minimum Gasteiger partial charge on any atom is -0.462 e. The van der Waals surface area contributed by atoms with Gasteiger partial charge in [0.2, 0.25) is 0 Å². The third kappa shape index (κ3) is 21.7. The number of rotatable bonds is 23. The van der Waals surface area contributed by atoms with Crippen LogP contribution in [0.1, 0.15) is 176 Å². The Morgan fingerprint density at radius 3 is 1.42 bits per heavy atom. The van der Waals surface area contributed by atoms with Gasteiger partial charge in [-0.1, -0.05) is 138 Å². The SMILES string of the molecule is CCCCCCCCC(CCC(C)(C)C)OC(=O)C(CCCCCC)CCCCCCCC. The Morgan fingerprint density at radius 1 is 0.576 bits per heavy atom. The molecule has 33 heavy (non-hydrogen) atoms. The highest BCUT2D eigenvalue weighted by Crippen LogP contribution is 2.27. The number of hydrogen-bond acceptors (Lipinski definition) is 2. The third-order valence-electron chi connectivity index (χ3n) is 7.02. The molecule has 0 N–H and O–H groups in total. The minimum atomic E-state index is 0.116. The molecule has 0 fully saturated rings. The second-order valence-corrected chi connectivity index (χ2v) is 11.8. The summed E-state index contributed by atoms with van der Waals surface area (Å²) in [4.78, 5) is 13.3. The minimum absolute atomic E-state index is 0.116. The van der Waals surface area contributed by atoms with Gasteiger partial charge in [-0.05, 0) is 43.9 Å². The molecule has 2 unspecified atom stereocenters. The number of carbonyl (C=O) groups excluding carboxylic acids is 1. The van der Waals surface area contributed by atoms with Gasteiger partial charge in [-0.15, -0.1) is 0 Å². The highest BCUT2D eigenvalue weighted by Gasteiger charge is 2.24. The molecular weight excluding hydrogens is 404 g/mol. The van der Waals surface area contributed by atoms with E-state index in [2.05, 4.69) is 41.5 Å². The zero-order chi connectivity index (χ0) is 24.8. The van der Waals surface area contributed by atoms with Crippen molar-refractivity contribution in [2.45, 2.75) is 182 Å². The van der Waals surface area contributed by atoms with Crippen molar-refractivity contribution in [3.05, 3.63) is 0 Å². The molecule has 0 amide bonds. The number of ether oxygens (including phenoxy) is 1. The van der Waals surface area contributed by atoms with Crippen LogP contribution in [0.25, 0.3) is 0 Å². The van der Waals surface area contributed by atoms with E-state index in [9.17, 15) is 4.79 Å². The summed E-state index contributed by atoms with van der Waals surface area (Å²) in [7, 11) is 0. The molecule has 198 valence electrons. The lowest BCUT2D eigenvalue weighted by molar-refractivity contribution is -0.155. The molecular formula is C31H62O2. The van der Waals surface area contributed by atoms with Crippen molar-refractivity contribution in [2.24, 2.45) is 11.3 Å². The van der Waals surface area contributed by atoms with Gasteiger partial charge in [0, 0.05) is 0 Å². The van der Waals surface area contributed by atoms with Crippen molar-refractivity contribution < 1.29 is 9.53 Å². The summed E-state index contributed by atoms with van der Waals surface area (Å²) >= 11 is 0. The predicted molar refractivity (Wildman–Crippen MR) is 147 cm³/mol. The van der Waals surface area contributed by atoms with Gasteiger partial charge in [0.05, 0.1) is 5.92 Å². The Labute approximate surface area is 209 Å². The van der Waals surface area contributed by atoms with Gasteiger partial charge in [0.15, 0.2) is 0 Å². The number of hydrogen-bond donors (Lipinski definition) is 0. The normalized spacial score (nSPS) is 13.8. The van der Waals surface area contributed by atoms with E-state index in [0.717, 1.165) is 32.1 Å². The standard InChI is InChI=1S/C31H62O2/c1-7-10-13-16-18-21-24-28(23-20-15-12-9-3)30(32)33-29(26-27-31(4,5)6)25-22-19-17-14-11-8-2/h28-29H,7-27H2,1-6H3. The molecule has 0 saturated heterocycles. The van der Waals surface area contributed by atoms with Crippen LogP contribution in [0.5, 0.6) is 0 Å². The molecule has 2 atom stereocenters. The van der Waals surface area contributed by atoms with E-state index in [4.69, 9.17) is 4.74 Å². The molecule has 2 nitrogen and oxygen atoms in total. The fourth-order valence-electron chi connectivity index (χ4n) is 4.64. The van der Waals surface area contributed by atoms with Gasteiger partial charge < -0.3 is 4.74 Å². The largest absolute Gasteiger partial charge is 0.462 e. The first kappa shape index (κ1) is 32.5. The lowest BCUT2D eigenvalue weighted by Gasteiger charge is -2.25. The zero-order valence-corrected chi connectivity index (χ0v) is 23.8. The summed E-state index contributed by atoms with van der Waals surface area (Å²) in [6.45, 7) is 13.7. The smallest absolute Gasteiger partial charge is 0.309 e. The van der Waals surface area contributed by atoms with Crippen molar-refractivity contribution in [3.8, 4) is 0 Å². The Balaban J connectivity index is 4.73. The molecule has 0 heterocycles. The van der Waals surface area contributed by atoms with Crippen LogP contribution in [0.2, 0.25) is 0 Å². The molecule has 0 aromatic carbocycles. The second-order valence-electron chi connectivity index (χ2n) is 11.8. The molecule has 0 rings (SSSR count). The van der Waals surface area contributed by atoms with Gasteiger partial charge in [0.1, 0.15) is 6.10 Å². The van der Waals surface area contributed by atoms with Crippen molar-refractivity contribution >= 4 is 5.97 Å². The summed E-state index contributed by atoms with van der Waals surface area (Å²) in [6.07, 6.45) is 25.9. The van der Waals surface area contributed by atoms with Crippen molar-refractivity contribution in [3.63, 3.8) is 0 Å². The predicted octanol–water partition coefficient (Wildman–Crippen LogP) is 10.8. The Morgan fingerprint density at radius 2 is 0.970 bits per heavy atom. The van der Waals surface area contributed by atoms with E-state index in [-0.39, 0.29) is 18.0 Å². The van der Waals surface area contributed by atoms with E-state index in [1.54, 1.807) is 0 Å². The summed E-state index contributed by atoms with van der Waals surface area (Å²) in [5, 5.41) is 0. The van der Waals surface area contributed by atoms with Crippen LogP contribution in [-0.2, 0) is 9.53 Å². The molecule has 0 bridgehead atoms. The van der Waals surface area contributed by atoms with Crippen molar-refractivity contribution in [1.82, 2.24) is 0 Å². The number of esters is 1. The van der Waals surface area contributed by atoms with E-state index in [0.29, 0.717) is 5.41 Å². The van der Waals surface area contributed by atoms with E-state index in [1.165, 1.54) is 103 Å². The van der Waals surface area contributed by atoms with Crippen LogP contribution >= 0.6 is 0 Å². The maximum absolute atomic E-state index is 13.3. The number of unbranched alkanes of at least 4 members (excludes halogenated alkanes) is 13. The quantitative estimate of drug-likeness (QED) is 0.110. The van der Waals surface area contributed by atoms with Crippen LogP contribution in [0.15, 0.2) is 0 Å². The molecule has 0 saturated carbocycles. The monoisotopic (exact) mass is 466 g/mol. The first-order valence-electron chi connectivity index (χ1n) is 15.0. The number of carbonyl (C=O) groups is 1. The first-order chi connectivity index (χ1) is 15.8. The topological polar surface area (TPSA) is 26.3 Å². The molecule has 0 aromatic rings. The molecule has 0 aliphatic carbocycles. The molecule has 2 heteroatoms. The van der Waals surface area contributed by atoms with Crippen LogP contribution in [-0.4, -0.2) is 12.1 Å². The molecule has 0 spiro atoms. The van der Waals surface area contributed by atoms with Gasteiger partial charge >= 0.3 is 5.97 Å². The summed E-state index contributed by atoms with van der Waals surface area (Å²) in [5.41, 5.74) is 0.295. The molecule has 0 aromatic heterocycles. The van der Waals surface area contributed by atoms with Crippen LogP contribution in [0.4, 0.5) is 0 Å². The zero-order valence-electron chi connectivity index (χ0n) is 23.8. The van der Waals surface area contributed by atoms with Crippen LogP contribution in [0.3, 0.4) is 0 Å². The summed E-state index contributed by atoms with van der Waals surface area (Å²) < 4.78 is 6.25. The van der Waals surface area contributed by atoms with Gasteiger partial charge in [-0.3, -0.25) is 4.79 Å². The lowest BCUT2D eigenvalue weighted by Crippen LogP contribution is -2.26. The average molecular weight is 467 g/mol. The summed E-state index contributed by atoms with van der Waals surface area (Å²) in [5.74, 6) is 0.236. The fraction of sp³-hybridized carbons (Fsp3) is 0.968. The average Bonchev–Trinajstić information content (AvgIpc) is 2.77. The first-order valence-corrected chi connectivity index (χ1v) is 15.0. The Hall–Kier alpha value is -0.530. The highest BCUT2D eigenvalue weighted by molar-refractivity contribution is 5.72. The van der Waals surface area contributed by atoms with Gasteiger partial charge in [-0.25, -0.2) is 0 Å². The highest BCUT2D eigenvalue weighted by atomic mass is 16.5. The van der Waals surface area contributed by atoms with Gasteiger partial charge in [0.25, 0.3) is 0 Å². The molecule has 0 aliphatic heterocycles. The summed E-state index contributed by atoms with van der Waals surface area (Å²) in [6, 6.07) is 0. The van der Waals surface area contributed by atoms with Crippen molar-refractivity contribution in [1.29, 1.82) is 0 Å².